The molecule has 4 unspecified atom stereocenters. The van der Waals surface area contributed by atoms with Crippen molar-refractivity contribution in [3.8, 4) is 11.5 Å². The van der Waals surface area contributed by atoms with Crippen molar-refractivity contribution in [2.45, 2.75) is 51.0 Å². The van der Waals surface area contributed by atoms with Crippen LogP contribution in [0.15, 0.2) is 18.2 Å². The molecule has 2 saturated carbocycles. The van der Waals surface area contributed by atoms with Crippen LogP contribution < -0.4 is 9.47 Å². The normalized spacial score (nSPS) is 30.7. The molecule has 3 fully saturated rings. The van der Waals surface area contributed by atoms with Gasteiger partial charge in [0.1, 0.15) is 11.5 Å². The molecule has 25 heavy (non-hydrogen) atoms. The molecule has 2 bridgehead atoms. The predicted octanol–water partition coefficient (Wildman–Crippen LogP) is 4.19. The Morgan fingerprint density at radius 3 is 2.72 bits per heavy atom. The highest BCUT2D eigenvalue weighted by Gasteiger charge is 2.42. The summed E-state index contributed by atoms with van der Waals surface area (Å²) in [6.45, 7) is 0.866. The number of carbonyl (C=O) groups is 1. The number of ether oxygens (including phenoxy) is 2. The van der Waals surface area contributed by atoms with E-state index >= 15 is 0 Å². The third kappa shape index (κ3) is 3.11. The second kappa shape index (κ2) is 6.89. The van der Waals surface area contributed by atoms with Gasteiger partial charge in [-0.15, -0.1) is 0 Å². The minimum absolute atomic E-state index is 0.121. The van der Waals surface area contributed by atoms with Crippen molar-refractivity contribution < 1.29 is 14.3 Å². The molecule has 4 atom stereocenters. The Labute approximate surface area is 150 Å². The van der Waals surface area contributed by atoms with Crippen LogP contribution in [0.25, 0.3) is 0 Å². The first-order valence-electron chi connectivity index (χ1n) is 9.71. The zero-order chi connectivity index (χ0) is 17.4. The zero-order valence-corrected chi connectivity index (χ0v) is 15.4. The fraction of sp³-hybridized carbons (Fsp3) is 0.667. The maximum atomic E-state index is 13.1. The Hall–Kier alpha value is -1.71. The first kappa shape index (κ1) is 16.7. The summed E-state index contributed by atoms with van der Waals surface area (Å²) in [6, 6.07) is 6.02. The average molecular weight is 343 g/mol. The van der Waals surface area contributed by atoms with Gasteiger partial charge in [0.2, 0.25) is 5.91 Å². The second-order valence-corrected chi connectivity index (χ2v) is 7.99. The van der Waals surface area contributed by atoms with E-state index in [1.807, 2.05) is 18.2 Å². The van der Waals surface area contributed by atoms with E-state index in [0.717, 1.165) is 54.7 Å². The van der Waals surface area contributed by atoms with E-state index in [2.05, 4.69) is 4.90 Å². The van der Waals surface area contributed by atoms with Gasteiger partial charge in [0.25, 0.3) is 0 Å². The van der Waals surface area contributed by atoms with Crippen molar-refractivity contribution in [3.63, 3.8) is 0 Å². The molecule has 0 aromatic heterocycles. The van der Waals surface area contributed by atoms with Gasteiger partial charge in [-0.2, -0.15) is 0 Å². The van der Waals surface area contributed by atoms with Gasteiger partial charge in [-0.3, -0.25) is 4.79 Å². The number of methoxy groups -OCH3 is 2. The van der Waals surface area contributed by atoms with E-state index in [-0.39, 0.29) is 6.04 Å². The molecular formula is C21H29NO3. The summed E-state index contributed by atoms with van der Waals surface area (Å²) in [5.41, 5.74) is 1.08. The molecule has 0 spiro atoms. The van der Waals surface area contributed by atoms with Gasteiger partial charge >= 0.3 is 0 Å². The largest absolute Gasteiger partial charge is 0.497 e. The molecule has 4 heteroatoms. The van der Waals surface area contributed by atoms with Crippen LogP contribution in [0.4, 0.5) is 0 Å². The minimum atomic E-state index is 0.121. The number of nitrogens with zero attached hydrogens (tertiary/aromatic N) is 1. The van der Waals surface area contributed by atoms with Crippen LogP contribution in [0, 0.1) is 17.8 Å². The van der Waals surface area contributed by atoms with E-state index in [0.29, 0.717) is 11.8 Å². The third-order valence-corrected chi connectivity index (χ3v) is 6.69. The molecule has 0 N–H and O–H groups in total. The van der Waals surface area contributed by atoms with E-state index in [9.17, 15) is 4.79 Å². The van der Waals surface area contributed by atoms with Crippen molar-refractivity contribution in [1.29, 1.82) is 0 Å². The minimum Gasteiger partial charge on any atom is -0.497 e. The van der Waals surface area contributed by atoms with Crippen LogP contribution in [0.1, 0.15) is 56.6 Å². The lowest BCUT2D eigenvalue weighted by molar-refractivity contribution is -0.133. The molecule has 1 saturated heterocycles. The zero-order valence-electron chi connectivity index (χ0n) is 15.4. The molecular weight excluding hydrogens is 314 g/mol. The lowest BCUT2D eigenvalue weighted by Gasteiger charge is -2.29. The van der Waals surface area contributed by atoms with Crippen LogP contribution in [-0.4, -0.2) is 31.6 Å². The van der Waals surface area contributed by atoms with Gasteiger partial charge in [0, 0.05) is 18.5 Å². The first-order chi connectivity index (χ1) is 12.2. The standard InChI is InChI=1S/C21H29NO3/c1-24-17-7-8-20(25-2)18(13-17)19-4-3-9-22(19)21(23)12-16-11-14-5-6-15(16)10-14/h7-8,13-16,19H,3-6,9-12H2,1-2H3. The van der Waals surface area contributed by atoms with E-state index in [1.54, 1.807) is 14.2 Å². The Balaban J connectivity index is 1.51. The van der Waals surface area contributed by atoms with Crippen LogP contribution >= 0.6 is 0 Å². The summed E-state index contributed by atoms with van der Waals surface area (Å²) >= 11 is 0. The summed E-state index contributed by atoms with van der Waals surface area (Å²) in [5.74, 6) is 4.34. The Morgan fingerprint density at radius 2 is 2.04 bits per heavy atom. The second-order valence-electron chi connectivity index (χ2n) is 7.99. The molecule has 1 aliphatic heterocycles. The van der Waals surface area contributed by atoms with Crippen LogP contribution in [-0.2, 0) is 4.79 Å². The smallest absolute Gasteiger partial charge is 0.223 e. The molecule has 0 radical (unpaired) electrons. The number of benzene rings is 1. The van der Waals surface area contributed by atoms with E-state index in [1.165, 1.54) is 25.7 Å². The average Bonchev–Trinajstić information content (AvgIpc) is 3.37. The highest BCUT2D eigenvalue weighted by molar-refractivity contribution is 5.77. The number of amides is 1. The summed E-state index contributed by atoms with van der Waals surface area (Å²) in [6.07, 6.45) is 8.18. The fourth-order valence-corrected chi connectivity index (χ4v) is 5.46. The quantitative estimate of drug-likeness (QED) is 0.804. The molecule has 4 nitrogen and oxygen atoms in total. The fourth-order valence-electron chi connectivity index (χ4n) is 5.46. The summed E-state index contributed by atoms with van der Waals surface area (Å²) in [5, 5.41) is 0. The number of hydrogen-bond donors (Lipinski definition) is 0. The summed E-state index contributed by atoms with van der Waals surface area (Å²) < 4.78 is 11.0. The number of fused-ring (bicyclic) bond motifs is 2. The van der Waals surface area contributed by atoms with Gasteiger partial charge in [-0.05, 0) is 68.1 Å². The van der Waals surface area contributed by atoms with Crippen molar-refractivity contribution in [3.05, 3.63) is 23.8 Å². The topological polar surface area (TPSA) is 38.8 Å². The molecule has 1 aromatic carbocycles. The number of likely N-dealkylation sites (tertiary alicyclic amines) is 1. The summed E-state index contributed by atoms with van der Waals surface area (Å²) in [7, 11) is 3.37. The molecule has 1 amide bonds. The Kier molecular flexibility index (Phi) is 4.61. The van der Waals surface area contributed by atoms with Crippen LogP contribution in [0.5, 0.6) is 11.5 Å². The molecule has 3 aliphatic rings. The maximum Gasteiger partial charge on any atom is 0.223 e. The summed E-state index contributed by atoms with van der Waals surface area (Å²) in [4.78, 5) is 15.2. The number of rotatable bonds is 5. The van der Waals surface area contributed by atoms with Crippen molar-refractivity contribution in [2.24, 2.45) is 17.8 Å². The number of hydrogen-bond acceptors (Lipinski definition) is 3. The molecule has 1 aromatic rings. The third-order valence-electron chi connectivity index (χ3n) is 6.69. The van der Waals surface area contributed by atoms with Crippen LogP contribution in [0.2, 0.25) is 0 Å². The molecule has 136 valence electrons. The van der Waals surface area contributed by atoms with Crippen molar-refractivity contribution >= 4 is 5.91 Å². The van der Waals surface area contributed by atoms with Crippen molar-refractivity contribution in [1.82, 2.24) is 4.90 Å². The Morgan fingerprint density at radius 1 is 1.16 bits per heavy atom. The van der Waals surface area contributed by atoms with Crippen molar-refractivity contribution in [2.75, 3.05) is 20.8 Å². The van der Waals surface area contributed by atoms with E-state index in [4.69, 9.17) is 9.47 Å². The lowest BCUT2D eigenvalue weighted by Crippen LogP contribution is -2.33. The highest BCUT2D eigenvalue weighted by atomic mass is 16.5. The Bertz CT molecular complexity index is 644. The maximum absolute atomic E-state index is 13.1. The monoisotopic (exact) mass is 343 g/mol. The molecule has 1 heterocycles. The lowest BCUT2D eigenvalue weighted by atomic mass is 9.86. The van der Waals surface area contributed by atoms with Gasteiger partial charge in [0.05, 0.1) is 20.3 Å². The van der Waals surface area contributed by atoms with E-state index < -0.39 is 0 Å². The van der Waals surface area contributed by atoms with Crippen LogP contribution in [0.3, 0.4) is 0 Å². The first-order valence-corrected chi connectivity index (χ1v) is 9.71. The van der Waals surface area contributed by atoms with Gasteiger partial charge in [-0.25, -0.2) is 0 Å². The number of carbonyl (C=O) groups excluding carboxylic acids is 1. The van der Waals surface area contributed by atoms with Gasteiger partial charge in [-0.1, -0.05) is 6.42 Å². The molecule has 4 rings (SSSR count). The molecule has 2 aliphatic carbocycles. The SMILES string of the molecule is COc1ccc(OC)c(C2CCCN2C(=O)CC2CC3CCC2C3)c1. The van der Waals surface area contributed by atoms with Gasteiger partial charge in [0.15, 0.2) is 0 Å². The highest BCUT2D eigenvalue weighted by Crippen LogP contribution is 2.50. The predicted molar refractivity (Wildman–Crippen MR) is 96.8 cm³/mol. The van der Waals surface area contributed by atoms with Gasteiger partial charge < -0.3 is 14.4 Å².